The van der Waals surface area contributed by atoms with Crippen molar-refractivity contribution in [3.8, 4) is 5.69 Å². The Morgan fingerprint density at radius 2 is 1.55 bits per heavy atom. The van der Waals surface area contributed by atoms with Crippen molar-refractivity contribution < 1.29 is 5.11 Å². The molecule has 0 aliphatic rings. The zero-order valence-electron chi connectivity index (χ0n) is 11.0. The predicted octanol–water partition coefficient (Wildman–Crippen LogP) is 2.35. The highest BCUT2D eigenvalue weighted by Crippen LogP contribution is 2.17. The molecular formula is C16H15N3O. The SMILES string of the molecule is OCc1nnn(-c2ccccc2)c1Cc1ccccc1. The lowest BCUT2D eigenvalue weighted by Crippen LogP contribution is -2.04. The Hall–Kier alpha value is -2.46. The quantitative estimate of drug-likeness (QED) is 0.787. The highest BCUT2D eigenvalue weighted by Gasteiger charge is 2.13. The number of aromatic nitrogens is 3. The number of benzene rings is 2. The van der Waals surface area contributed by atoms with E-state index < -0.39 is 0 Å². The maximum absolute atomic E-state index is 9.44. The monoisotopic (exact) mass is 265 g/mol. The first-order chi connectivity index (χ1) is 9.88. The molecule has 0 fully saturated rings. The molecule has 0 bridgehead atoms. The molecule has 2 aromatic carbocycles. The first-order valence-electron chi connectivity index (χ1n) is 6.52. The molecule has 4 nitrogen and oxygen atoms in total. The zero-order valence-corrected chi connectivity index (χ0v) is 11.0. The Morgan fingerprint density at radius 3 is 2.20 bits per heavy atom. The average molecular weight is 265 g/mol. The lowest BCUT2D eigenvalue weighted by atomic mass is 10.1. The number of rotatable bonds is 4. The van der Waals surface area contributed by atoms with Crippen LogP contribution < -0.4 is 0 Å². The molecule has 0 aliphatic carbocycles. The van der Waals surface area contributed by atoms with Crippen LogP contribution in [-0.4, -0.2) is 20.1 Å². The maximum Gasteiger partial charge on any atom is 0.112 e. The molecule has 20 heavy (non-hydrogen) atoms. The number of hydrogen-bond acceptors (Lipinski definition) is 3. The third-order valence-corrected chi connectivity index (χ3v) is 3.21. The van der Waals surface area contributed by atoms with Crippen LogP contribution >= 0.6 is 0 Å². The van der Waals surface area contributed by atoms with Crippen LogP contribution in [0.3, 0.4) is 0 Å². The summed E-state index contributed by atoms with van der Waals surface area (Å²) in [6, 6.07) is 20.0. The van der Waals surface area contributed by atoms with E-state index in [-0.39, 0.29) is 6.61 Å². The van der Waals surface area contributed by atoms with E-state index in [0.717, 1.165) is 11.4 Å². The van der Waals surface area contributed by atoms with Gasteiger partial charge in [-0.3, -0.25) is 0 Å². The van der Waals surface area contributed by atoms with E-state index >= 15 is 0 Å². The summed E-state index contributed by atoms with van der Waals surface area (Å²) in [5.74, 6) is 0. The van der Waals surface area contributed by atoms with Crippen LogP contribution in [0.2, 0.25) is 0 Å². The smallest absolute Gasteiger partial charge is 0.112 e. The summed E-state index contributed by atoms with van der Waals surface area (Å²) < 4.78 is 1.79. The van der Waals surface area contributed by atoms with Gasteiger partial charge in [0.25, 0.3) is 0 Å². The fourth-order valence-electron chi connectivity index (χ4n) is 2.20. The Kier molecular flexibility index (Phi) is 3.56. The first kappa shape index (κ1) is 12.6. The van der Waals surface area contributed by atoms with Crippen LogP contribution in [-0.2, 0) is 13.0 Å². The molecule has 0 saturated carbocycles. The average Bonchev–Trinajstić information content (AvgIpc) is 2.92. The molecule has 0 unspecified atom stereocenters. The molecule has 100 valence electrons. The molecule has 0 aliphatic heterocycles. The fraction of sp³-hybridized carbons (Fsp3) is 0.125. The lowest BCUT2D eigenvalue weighted by Gasteiger charge is -2.07. The lowest BCUT2D eigenvalue weighted by molar-refractivity contribution is 0.275. The van der Waals surface area contributed by atoms with Gasteiger partial charge in [-0.15, -0.1) is 5.10 Å². The Morgan fingerprint density at radius 1 is 0.900 bits per heavy atom. The first-order valence-corrected chi connectivity index (χ1v) is 6.52. The Balaban J connectivity index is 2.02. The van der Waals surface area contributed by atoms with Crippen LogP contribution in [0.25, 0.3) is 5.69 Å². The number of para-hydroxylation sites is 1. The Bertz CT molecular complexity index is 677. The van der Waals surface area contributed by atoms with E-state index in [0.29, 0.717) is 12.1 Å². The molecule has 1 aromatic heterocycles. The number of aliphatic hydroxyl groups excluding tert-OH is 1. The largest absolute Gasteiger partial charge is 0.390 e. The van der Waals surface area contributed by atoms with Gasteiger partial charge in [-0.25, -0.2) is 4.68 Å². The van der Waals surface area contributed by atoms with Gasteiger partial charge >= 0.3 is 0 Å². The molecule has 4 heteroatoms. The highest BCUT2D eigenvalue weighted by molar-refractivity contribution is 5.35. The molecule has 0 radical (unpaired) electrons. The molecule has 0 amide bonds. The highest BCUT2D eigenvalue weighted by atomic mass is 16.3. The van der Waals surface area contributed by atoms with Gasteiger partial charge in [0, 0.05) is 6.42 Å². The van der Waals surface area contributed by atoms with Crippen molar-refractivity contribution in [1.82, 2.24) is 15.0 Å². The maximum atomic E-state index is 9.44. The minimum atomic E-state index is -0.102. The standard InChI is InChI=1S/C16H15N3O/c20-12-15-16(11-13-7-3-1-4-8-13)19(18-17-15)14-9-5-2-6-10-14/h1-10,20H,11-12H2. The molecule has 1 heterocycles. The van der Waals surface area contributed by atoms with Gasteiger partial charge in [-0.05, 0) is 17.7 Å². The van der Waals surface area contributed by atoms with Crippen molar-refractivity contribution in [2.75, 3.05) is 0 Å². The summed E-state index contributed by atoms with van der Waals surface area (Å²) in [7, 11) is 0. The van der Waals surface area contributed by atoms with Crippen LogP contribution in [0.4, 0.5) is 0 Å². The molecule has 0 spiro atoms. The van der Waals surface area contributed by atoms with Crippen LogP contribution in [0.1, 0.15) is 17.0 Å². The van der Waals surface area contributed by atoms with Gasteiger partial charge in [0.15, 0.2) is 0 Å². The van der Waals surface area contributed by atoms with Crippen molar-refractivity contribution in [2.24, 2.45) is 0 Å². The molecule has 3 rings (SSSR count). The number of aliphatic hydroxyl groups is 1. The van der Waals surface area contributed by atoms with Crippen LogP contribution in [0.15, 0.2) is 60.7 Å². The van der Waals surface area contributed by atoms with E-state index in [1.54, 1.807) is 4.68 Å². The predicted molar refractivity (Wildman–Crippen MR) is 76.5 cm³/mol. The van der Waals surface area contributed by atoms with E-state index in [2.05, 4.69) is 22.4 Å². The third-order valence-electron chi connectivity index (χ3n) is 3.21. The van der Waals surface area contributed by atoms with Gasteiger partial charge in [0.05, 0.1) is 18.0 Å². The summed E-state index contributed by atoms with van der Waals surface area (Å²) in [5.41, 5.74) is 3.66. The Labute approximate surface area is 117 Å². The molecule has 3 aromatic rings. The minimum Gasteiger partial charge on any atom is -0.390 e. The minimum absolute atomic E-state index is 0.102. The van der Waals surface area contributed by atoms with Gasteiger partial charge in [-0.2, -0.15) is 0 Å². The second-order valence-electron chi connectivity index (χ2n) is 4.55. The van der Waals surface area contributed by atoms with Crippen molar-refractivity contribution in [1.29, 1.82) is 0 Å². The van der Waals surface area contributed by atoms with Crippen LogP contribution in [0.5, 0.6) is 0 Å². The van der Waals surface area contributed by atoms with Gasteiger partial charge < -0.3 is 5.11 Å². The number of nitrogens with zero attached hydrogens (tertiary/aromatic N) is 3. The molecule has 0 atom stereocenters. The van der Waals surface area contributed by atoms with E-state index in [4.69, 9.17) is 0 Å². The van der Waals surface area contributed by atoms with E-state index in [1.165, 1.54) is 5.56 Å². The summed E-state index contributed by atoms with van der Waals surface area (Å²) in [5, 5.41) is 17.7. The topological polar surface area (TPSA) is 50.9 Å². The molecular weight excluding hydrogens is 250 g/mol. The second kappa shape index (κ2) is 5.67. The molecule has 1 N–H and O–H groups in total. The van der Waals surface area contributed by atoms with Gasteiger partial charge in [0.2, 0.25) is 0 Å². The normalized spacial score (nSPS) is 10.7. The van der Waals surface area contributed by atoms with Crippen molar-refractivity contribution in [3.05, 3.63) is 77.6 Å². The van der Waals surface area contributed by atoms with E-state index in [9.17, 15) is 5.11 Å². The summed E-state index contributed by atoms with van der Waals surface area (Å²) in [6.07, 6.45) is 0.693. The zero-order chi connectivity index (χ0) is 13.8. The third kappa shape index (κ3) is 2.46. The van der Waals surface area contributed by atoms with Gasteiger partial charge in [0.1, 0.15) is 5.69 Å². The van der Waals surface area contributed by atoms with Crippen molar-refractivity contribution >= 4 is 0 Å². The van der Waals surface area contributed by atoms with Gasteiger partial charge in [-0.1, -0.05) is 53.7 Å². The van der Waals surface area contributed by atoms with Crippen molar-refractivity contribution in [2.45, 2.75) is 13.0 Å². The van der Waals surface area contributed by atoms with Crippen LogP contribution in [0, 0.1) is 0 Å². The van der Waals surface area contributed by atoms with E-state index in [1.807, 2.05) is 48.5 Å². The summed E-state index contributed by atoms with van der Waals surface area (Å²) >= 11 is 0. The second-order valence-corrected chi connectivity index (χ2v) is 4.55. The number of hydrogen-bond donors (Lipinski definition) is 1. The molecule has 0 saturated heterocycles. The summed E-state index contributed by atoms with van der Waals surface area (Å²) in [6.45, 7) is -0.102. The van der Waals surface area contributed by atoms with Crippen molar-refractivity contribution in [3.63, 3.8) is 0 Å². The summed E-state index contributed by atoms with van der Waals surface area (Å²) in [4.78, 5) is 0. The fourth-order valence-corrected chi connectivity index (χ4v) is 2.20.